The van der Waals surface area contributed by atoms with E-state index in [0.717, 1.165) is 4.47 Å². The fraction of sp³-hybridized carbons (Fsp3) is 0. The molecule has 0 bridgehead atoms. The number of hydrogen-bond acceptors (Lipinski definition) is 5. The summed E-state index contributed by atoms with van der Waals surface area (Å²) in [5.41, 5.74) is 5.31. The second-order valence-electron chi connectivity index (χ2n) is 3.40. The second-order valence-corrected chi connectivity index (χ2v) is 4.32. The number of anilines is 1. The molecule has 0 atom stereocenters. The van der Waals surface area contributed by atoms with Crippen molar-refractivity contribution in [2.24, 2.45) is 0 Å². The van der Waals surface area contributed by atoms with E-state index in [2.05, 4.69) is 20.9 Å². The topological polar surface area (TPSA) is 91.3 Å². The molecule has 0 saturated carbocycles. The monoisotopic (exact) mass is 309 g/mol. The van der Waals surface area contributed by atoms with Gasteiger partial charge < -0.3 is 10.5 Å². The molecule has 0 fully saturated rings. The van der Waals surface area contributed by atoms with Gasteiger partial charge in [-0.3, -0.25) is 10.1 Å². The molecule has 1 aromatic carbocycles. The third-order valence-corrected chi connectivity index (χ3v) is 2.58. The molecule has 0 spiro atoms. The molecule has 0 radical (unpaired) electrons. The lowest BCUT2D eigenvalue weighted by molar-refractivity contribution is -0.384. The van der Waals surface area contributed by atoms with Crippen LogP contribution in [0.2, 0.25) is 0 Å². The largest absolute Gasteiger partial charge is 0.439 e. The van der Waals surface area contributed by atoms with Gasteiger partial charge in [-0.25, -0.2) is 0 Å². The first kappa shape index (κ1) is 12.3. The van der Waals surface area contributed by atoms with Gasteiger partial charge in [-0.2, -0.15) is 4.98 Å². The van der Waals surface area contributed by atoms with Crippen LogP contribution in [-0.4, -0.2) is 9.91 Å². The van der Waals surface area contributed by atoms with Crippen molar-refractivity contribution in [3.63, 3.8) is 0 Å². The highest BCUT2D eigenvalue weighted by atomic mass is 79.9. The summed E-state index contributed by atoms with van der Waals surface area (Å²) in [5, 5.41) is 10.7. The lowest BCUT2D eigenvalue weighted by atomic mass is 10.3. The number of benzene rings is 1. The molecule has 0 aliphatic heterocycles. The predicted octanol–water partition coefficient (Wildman–Crippen LogP) is 3.13. The van der Waals surface area contributed by atoms with E-state index in [1.165, 1.54) is 12.1 Å². The summed E-state index contributed by atoms with van der Waals surface area (Å²) in [6.07, 6.45) is 0. The zero-order chi connectivity index (χ0) is 13.1. The van der Waals surface area contributed by atoms with E-state index in [1.807, 2.05) is 0 Å². The van der Waals surface area contributed by atoms with E-state index in [-0.39, 0.29) is 17.4 Å². The molecule has 0 aliphatic carbocycles. The highest BCUT2D eigenvalue weighted by molar-refractivity contribution is 9.10. The molecule has 2 N–H and O–H groups in total. The summed E-state index contributed by atoms with van der Waals surface area (Å²) in [6, 6.07) is 9.39. The number of hydrogen-bond donors (Lipinski definition) is 1. The van der Waals surface area contributed by atoms with Gasteiger partial charge in [0.25, 0.3) is 5.69 Å². The number of ether oxygens (including phenoxy) is 1. The maximum atomic E-state index is 10.7. The lowest BCUT2D eigenvalue weighted by Crippen LogP contribution is -1.97. The van der Waals surface area contributed by atoms with Crippen molar-refractivity contribution >= 4 is 27.4 Å². The third kappa shape index (κ3) is 2.95. The minimum atomic E-state index is -0.549. The fourth-order valence-corrected chi connectivity index (χ4v) is 1.56. The molecule has 2 rings (SSSR count). The molecule has 6 nitrogen and oxygen atoms in total. The first-order valence-electron chi connectivity index (χ1n) is 4.90. The van der Waals surface area contributed by atoms with E-state index in [4.69, 9.17) is 10.5 Å². The average Bonchev–Trinajstić information content (AvgIpc) is 2.31. The summed E-state index contributed by atoms with van der Waals surface area (Å²) in [5.74, 6) is 0.644. The van der Waals surface area contributed by atoms with Crippen molar-refractivity contribution in [1.82, 2.24) is 4.98 Å². The van der Waals surface area contributed by atoms with Gasteiger partial charge in [0, 0.05) is 4.47 Å². The van der Waals surface area contributed by atoms with Gasteiger partial charge in [-0.05, 0) is 24.3 Å². The van der Waals surface area contributed by atoms with Crippen LogP contribution in [0.25, 0.3) is 0 Å². The molecule has 0 amide bonds. The van der Waals surface area contributed by atoms with E-state index in [1.54, 1.807) is 24.3 Å². The Kier molecular flexibility index (Phi) is 3.42. The number of nitro groups is 1. The molecule has 0 saturated heterocycles. The fourth-order valence-electron chi connectivity index (χ4n) is 1.29. The Morgan fingerprint density at radius 3 is 2.56 bits per heavy atom. The molecule has 2 aromatic rings. The molecular weight excluding hydrogens is 302 g/mol. The first-order valence-corrected chi connectivity index (χ1v) is 5.69. The van der Waals surface area contributed by atoms with Crippen molar-refractivity contribution in [2.45, 2.75) is 0 Å². The number of pyridine rings is 1. The third-order valence-electron chi connectivity index (χ3n) is 2.05. The summed E-state index contributed by atoms with van der Waals surface area (Å²) < 4.78 is 6.29. The van der Waals surface area contributed by atoms with Gasteiger partial charge in [-0.1, -0.05) is 15.9 Å². The minimum absolute atomic E-state index is 0.0383. The van der Waals surface area contributed by atoms with E-state index < -0.39 is 4.92 Å². The SMILES string of the molecule is Nc1cc([N+](=O)[O-])cc(Oc2ccc(Br)cc2)n1. The van der Waals surface area contributed by atoms with Crippen LogP contribution in [0.5, 0.6) is 11.6 Å². The Labute approximate surface area is 111 Å². The number of nitrogens with two attached hydrogens (primary N) is 1. The van der Waals surface area contributed by atoms with Gasteiger partial charge in [-0.15, -0.1) is 0 Å². The highest BCUT2D eigenvalue weighted by Gasteiger charge is 2.11. The van der Waals surface area contributed by atoms with Gasteiger partial charge >= 0.3 is 0 Å². The zero-order valence-corrected chi connectivity index (χ0v) is 10.6. The van der Waals surface area contributed by atoms with Crippen molar-refractivity contribution in [1.29, 1.82) is 0 Å². The van der Waals surface area contributed by atoms with Gasteiger partial charge in [0.1, 0.15) is 11.6 Å². The van der Waals surface area contributed by atoms with Crippen molar-refractivity contribution < 1.29 is 9.66 Å². The molecule has 18 heavy (non-hydrogen) atoms. The average molecular weight is 310 g/mol. The Balaban J connectivity index is 2.28. The van der Waals surface area contributed by atoms with Gasteiger partial charge in [0.2, 0.25) is 5.88 Å². The number of aromatic nitrogens is 1. The quantitative estimate of drug-likeness (QED) is 0.694. The molecule has 92 valence electrons. The summed E-state index contributed by atoms with van der Waals surface area (Å²) in [6.45, 7) is 0. The normalized spacial score (nSPS) is 10.1. The molecule has 7 heteroatoms. The molecule has 1 heterocycles. The van der Waals surface area contributed by atoms with Crippen LogP contribution >= 0.6 is 15.9 Å². The van der Waals surface area contributed by atoms with Gasteiger partial charge in [0.05, 0.1) is 17.1 Å². The molecular formula is C11H8BrN3O3. The first-order chi connectivity index (χ1) is 8.54. The van der Waals surface area contributed by atoms with Crippen LogP contribution in [-0.2, 0) is 0 Å². The maximum Gasteiger partial charge on any atom is 0.278 e. The van der Waals surface area contributed by atoms with Crippen LogP contribution in [0.1, 0.15) is 0 Å². The summed E-state index contributed by atoms with van der Waals surface area (Å²) >= 11 is 3.29. The molecule has 0 aliphatic rings. The van der Waals surface area contributed by atoms with Crippen LogP contribution in [0.3, 0.4) is 0 Å². The minimum Gasteiger partial charge on any atom is -0.439 e. The Morgan fingerprint density at radius 1 is 1.28 bits per heavy atom. The lowest BCUT2D eigenvalue weighted by Gasteiger charge is -2.05. The molecule has 1 aromatic heterocycles. The van der Waals surface area contributed by atoms with Crippen molar-refractivity contribution in [2.75, 3.05) is 5.73 Å². The smallest absolute Gasteiger partial charge is 0.278 e. The second kappa shape index (κ2) is 5.01. The number of rotatable bonds is 3. The Bertz CT molecular complexity index is 587. The van der Waals surface area contributed by atoms with E-state index in [0.29, 0.717) is 5.75 Å². The highest BCUT2D eigenvalue weighted by Crippen LogP contribution is 2.26. The summed E-state index contributed by atoms with van der Waals surface area (Å²) in [7, 11) is 0. The zero-order valence-electron chi connectivity index (χ0n) is 9.04. The number of nitrogens with zero attached hydrogens (tertiary/aromatic N) is 2. The maximum absolute atomic E-state index is 10.7. The molecule has 0 unspecified atom stereocenters. The van der Waals surface area contributed by atoms with Crippen LogP contribution in [0.15, 0.2) is 40.9 Å². The van der Waals surface area contributed by atoms with Gasteiger partial charge in [0.15, 0.2) is 0 Å². The Hall–Kier alpha value is -2.15. The summed E-state index contributed by atoms with van der Waals surface area (Å²) in [4.78, 5) is 14.0. The van der Waals surface area contributed by atoms with Crippen LogP contribution < -0.4 is 10.5 Å². The number of nitrogen functional groups attached to an aromatic ring is 1. The van der Waals surface area contributed by atoms with E-state index in [9.17, 15) is 10.1 Å². The van der Waals surface area contributed by atoms with Crippen LogP contribution in [0, 0.1) is 10.1 Å². The van der Waals surface area contributed by atoms with Crippen molar-refractivity contribution in [3.05, 3.63) is 51.0 Å². The van der Waals surface area contributed by atoms with Crippen LogP contribution in [0.4, 0.5) is 11.5 Å². The number of halogens is 1. The Morgan fingerprint density at radius 2 is 1.94 bits per heavy atom. The standard InChI is InChI=1S/C11H8BrN3O3/c12-7-1-3-9(4-2-7)18-11-6-8(15(16)17)5-10(13)14-11/h1-6H,(H2,13,14). The van der Waals surface area contributed by atoms with E-state index >= 15 is 0 Å². The van der Waals surface area contributed by atoms with Crippen molar-refractivity contribution in [3.8, 4) is 11.6 Å². The predicted molar refractivity (Wildman–Crippen MR) is 69.5 cm³/mol.